The van der Waals surface area contributed by atoms with Crippen LogP contribution in [-0.2, 0) is 24.8 Å². The number of aromatic nitrogens is 2. The molecule has 35 heavy (non-hydrogen) atoms. The molecule has 0 saturated heterocycles. The molecule has 3 heterocycles. The number of nitrogens with one attached hydrogen (secondary N) is 1. The molecule has 2 unspecified atom stereocenters. The molecule has 186 valence electrons. The maximum absolute atomic E-state index is 15.8. The predicted molar refractivity (Wildman–Crippen MR) is 137 cm³/mol. The molecule has 0 bridgehead atoms. The Morgan fingerprint density at radius 2 is 2.00 bits per heavy atom. The number of carbonyl (C=O) groups excluding carboxylic acids is 1. The van der Waals surface area contributed by atoms with Crippen molar-refractivity contribution in [1.82, 2.24) is 20.0 Å². The molecule has 2 aromatic rings. The van der Waals surface area contributed by atoms with Crippen LogP contribution in [0.3, 0.4) is 0 Å². The number of nitrogens with zero attached hydrogens (tertiary/aromatic N) is 3. The van der Waals surface area contributed by atoms with E-state index < -0.39 is 22.8 Å². The Morgan fingerprint density at radius 1 is 1.26 bits per heavy atom. The highest BCUT2D eigenvalue weighted by Gasteiger charge is 2.49. The molecule has 2 amide bonds. The smallest absolute Gasteiger partial charge is 0.313 e. The maximum atomic E-state index is 15.8. The molecule has 0 spiro atoms. The first-order valence-electron chi connectivity index (χ1n) is 12.6. The summed E-state index contributed by atoms with van der Waals surface area (Å²) in [5.74, 6) is -0.416. The third-order valence-electron chi connectivity index (χ3n) is 8.54. The molecule has 2 atom stereocenters. The van der Waals surface area contributed by atoms with Crippen molar-refractivity contribution in [1.29, 1.82) is 0 Å². The van der Waals surface area contributed by atoms with Crippen LogP contribution in [0.5, 0.6) is 0 Å². The van der Waals surface area contributed by atoms with Gasteiger partial charge in [0, 0.05) is 36.2 Å². The second kappa shape index (κ2) is 7.79. The number of para-hydroxylation sites is 1. The summed E-state index contributed by atoms with van der Waals surface area (Å²) in [6, 6.07) is 5.51. The fourth-order valence-corrected chi connectivity index (χ4v) is 6.05. The minimum absolute atomic E-state index is 0.0604. The van der Waals surface area contributed by atoms with Crippen molar-refractivity contribution in [3.05, 3.63) is 64.3 Å². The van der Waals surface area contributed by atoms with Crippen molar-refractivity contribution >= 4 is 11.6 Å². The van der Waals surface area contributed by atoms with Crippen LogP contribution >= 0.6 is 0 Å². The van der Waals surface area contributed by atoms with E-state index in [0.29, 0.717) is 0 Å². The predicted octanol–water partition coefficient (Wildman–Crippen LogP) is 4.93. The van der Waals surface area contributed by atoms with Crippen LogP contribution in [0.4, 0.5) is 9.18 Å². The fraction of sp³-hybridized carbons (Fsp3) is 0.500. The third-order valence-corrected chi connectivity index (χ3v) is 8.54. The van der Waals surface area contributed by atoms with Crippen molar-refractivity contribution in [3.8, 4) is 5.69 Å². The van der Waals surface area contributed by atoms with Crippen LogP contribution in [0, 0.1) is 0 Å². The van der Waals surface area contributed by atoms with E-state index in [1.807, 2.05) is 12.1 Å². The molecular formula is C28H36FN5O. The first-order chi connectivity index (χ1) is 16.4. The number of benzene rings is 1. The summed E-state index contributed by atoms with van der Waals surface area (Å²) < 4.78 is 17.9. The summed E-state index contributed by atoms with van der Waals surface area (Å²) in [6.07, 6.45) is 6.28. The van der Waals surface area contributed by atoms with Gasteiger partial charge in [-0.1, -0.05) is 32.0 Å². The van der Waals surface area contributed by atoms with Crippen LogP contribution < -0.4 is 11.1 Å². The SMILES string of the molecule is CCc1cccc2c1-n1nc3c(c1C1(C)C=C(F)C(C)(NC(N)=O)C=C21)CN(C(C)(C)CC)CC3. The summed E-state index contributed by atoms with van der Waals surface area (Å²) in [6.45, 7) is 14.4. The lowest BCUT2D eigenvalue weighted by molar-refractivity contribution is 0.0995. The quantitative estimate of drug-likeness (QED) is 0.656. The van der Waals surface area contributed by atoms with Gasteiger partial charge in [-0.05, 0) is 63.8 Å². The summed E-state index contributed by atoms with van der Waals surface area (Å²) in [5.41, 5.74) is 11.0. The normalized spacial score (nSPS) is 25.6. The number of rotatable bonds is 4. The number of aryl methyl sites for hydroxylation is 1. The van der Waals surface area contributed by atoms with E-state index in [1.54, 1.807) is 13.0 Å². The minimum atomic E-state index is -1.31. The van der Waals surface area contributed by atoms with Gasteiger partial charge in [-0.25, -0.2) is 13.9 Å². The van der Waals surface area contributed by atoms with Gasteiger partial charge in [0.25, 0.3) is 0 Å². The molecule has 7 heteroatoms. The second-order valence-corrected chi connectivity index (χ2v) is 11.1. The number of hydrogen-bond acceptors (Lipinski definition) is 3. The Hall–Kier alpha value is -2.93. The third kappa shape index (κ3) is 3.39. The molecule has 0 saturated carbocycles. The first kappa shape index (κ1) is 23.8. The average Bonchev–Trinajstić information content (AvgIpc) is 3.20. The van der Waals surface area contributed by atoms with Crippen molar-refractivity contribution in [2.24, 2.45) is 5.73 Å². The number of fused-ring (bicyclic) bond motifs is 8. The Balaban J connectivity index is 1.79. The second-order valence-electron chi connectivity index (χ2n) is 11.1. The topological polar surface area (TPSA) is 76.2 Å². The lowest BCUT2D eigenvalue weighted by atomic mass is 9.66. The summed E-state index contributed by atoms with van der Waals surface area (Å²) in [5, 5.41) is 7.77. The molecular weight excluding hydrogens is 441 g/mol. The van der Waals surface area contributed by atoms with Gasteiger partial charge in [0.05, 0.1) is 22.5 Å². The molecule has 1 aliphatic carbocycles. The van der Waals surface area contributed by atoms with Gasteiger partial charge < -0.3 is 11.1 Å². The molecule has 0 fully saturated rings. The Bertz CT molecular complexity index is 1290. The van der Waals surface area contributed by atoms with Crippen LogP contribution in [-0.4, -0.2) is 38.3 Å². The van der Waals surface area contributed by atoms with Crippen LogP contribution in [0.2, 0.25) is 0 Å². The highest BCUT2D eigenvalue weighted by Crippen LogP contribution is 2.54. The van der Waals surface area contributed by atoms with E-state index in [-0.39, 0.29) is 5.54 Å². The standard InChI is InChI=1S/C28H36FN5O/c1-7-17-10-9-11-18-20-14-28(6,31-25(30)35)22(29)15-27(20,5)24-19-16-33(26(3,4)8-2)13-12-21(19)32-34(24)23(17)18/h9-11,14-15H,7-8,12-13,16H2,1-6H3,(H3,30,31,35). The average molecular weight is 478 g/mol. The number of primary amides is 1. The number of halogens is 1. The van der Waals surface area contributed by atoms with E-state index in [2.05, 4.69) is 61.6 Å². The first-order valence-corrected chi connectivity index (χ1v) is 12.6. The number of amides is 2. The number of carbonyl (C=O) groups is 1. The summed E-state index contributed by atoms with van der Waals surface area (Å²) in [7, 11) is 0. The van der Waals surface area contributed by atoms with E-state index in [1.165, 1.54) is 11.1 Å². The molecule has 6 nitrogen and oxygen atoms in total. The Labute approximate surface area is 207 Å². The van der Waals surface area contributed by atoms with Crippen molar-refractivity contribution < 1.29 is 9.18 Å². The number of urea groups is 1. The maximum Gasteiger partial charge on any atom is 0.313 e. The Morgan fingerprint density at radius 3 is 2.66 bits per heavy atom. The van der Waals surface area contributed by atoms with Gasteiger partial charge >= 0.3 is 6.03 Å². The van der Waals surface area contributed by atoms with Gasteiger partial charge in [0.1, 0.15) is 11.4 Å². The highest BCUT2D eigenvalue weighted by molar-refractivity contribution is 5.89. The number of allylic oxidation sites excluding steroid dienone is 2. The van der Waals surface area contributed by atoms with E-state index in [0.717, 1.165) is 60.6 Å². The summed E-state index contributed by atoms with van der Waals surface area (Å²) in [4.78, 5) is 14.3. The van der Waals surface area contributed by atoms with Gasteiger partial charge in [0.2, 0.25) is 0 Å². The number of hydrogen-bond donors (Lipinski definition) is 2. The minimum Gasteiger partial charge on any atom is -0.352 e. The Kier molecular flexibility index (Phi) is 5.29. The zero-order valence-electron chi connectivity index (χ0n) is 21.6. The van der Waals surface area contributed by atoms with Gasteiger partial charge in [-0.3, -0.25) is 4.90 Å². The molecule has 3 N–H and O–H groups in total. The molecule has 1 aromatic carbocycles. The van der Waals surface area contributed by atoms with E-state index in [9.17, 15) is 4.79 Å². The fourth-order valence-electron chi connectivity index (χ4n) is 6.05. The lowest BCUT2D eigenvalue weighted by Crippen LogP contribution is -2.51. The lowest BCUT2D eigenvalue weighted by Gasteiger charge is -2.45. The molecule has 0 radical (unpaired) electrons. The monoisotopic (exact) mass is 477 g/mol. The van der Waals surface area contributed by atoms with Gasteiger partial charge in [0.15, 0.2) is 0 Å². The van der Waals surface area contributed by atoms with Crippen LogP contribution in [0.15, 0.2) is 36.2 Å². The molecule has 5 rings (SSSR count). The zero-order chi connectivity index (χ0) is 25.3. The molecule has 3 aliphatic rings. The van der Waals surface area contributed by atoms with Crippen molar-refractivity contribution in [2.75, 3.05) is 6.54 Å². The number of nitrogens with two attached hydrogens (primary N) is 1. The zero-order valence-corrected chi connectivity index (χ0v) is 21.6. The molecule has 1 aromatic heterocycles. The van der Waals surface area contributed by atoms with Crippen LogP contribution in [0.1, 0.15) is 76.0 Å². The van der Waals surface area contributed by atoms with Gasteiger partial charge in [-0.2, -0.15) is 5.10 Å². The summed E-state index contributed by atoms with van der Waals surface area (Å²) >= 11 is 0. The highest BCUT2D eigenvalue weighted by atomic mass is 19.1. The van der Waals surface area contributed by atoms with Crippen LogP contribution in [0.25, 0.3) is 11.3 Å². The van der Waals surface area contributed by atoms with Crippen molar-refractivity contribution in [3.63, 3.8) is 0 Å². The van der Waals surface area contributed by atoms with Gasteiger partial charge in [-0.15, -0.1) is 0 Å². The largest absolute Gasteiger partial charge is 0.352 e. The van der Waals surface area contributed by atoms with E-state index in [4.69, 9.17) is 10.8 Å². The van der Waals surface area contributed by atoms with E-state index >= 15 is 4.39 Å². The van der Waals surface area contributed by atoms with Crippen molar-refractivity contribution in [2.45, 2.75) is 83.8 Å². The molecule has 2 aliphatic heterocycles.